The van der Waals surface area contributed by atoms with Gasteiger partial charge >= 0.3 is 5.69 Å². The number of methoxy groups -OCH3 is 1. The normalized spacial score (nSPS) is 27.1. The Morgan fingerprint density at radius 2 is 1.93 bits per heavy atom. The van der Waals surface area contributed by atoms with Gasteiger partial charge in [0.05, 0.1) is 31.2 Å². The van der Waals surface area contributed by atoms with E-state index >= 15 is 0 Å². The van der Waals surface area contributed by atoms with Crippen LogP contribution in [-0.4, -0.2) is 38.9 Å². The van der Waals surface area contributed by atoms with Crippen LogP contribution in [0.15, 0.2) is 46.1 Å². The van der Waals surface area contributed by atoms with E-state index in [0.29, 0.717) is 12.2 Å². The molecule has 28 heavy (non-hydrogen) atoms. The van der Waals surface area contributed by atoms with Crippen molar-refractivity contribution < 1.29 is 14.6 Å². The van der Waals surface area contributed by atoms with E-state index < -0.39 is 28.5 Å². The summed E-state index contributed by atoms with van der Waals surface area (Å²) in [7, 11) is 1.57. The van der Waals surface area contributed by atoms with E-state index in [4.69, 9.17) is 21.1 Å². The van der Waals surface area contributed by atoms with E-state index in [2.05, 4.69) is 0 Å². The summed E-state index contributed by atoms with van der Waals surface area (Å²) in [4.78, 5) is 25.4. The molecule has 0 aliphatic carbocycles. The Morgan fingerprint density at radius 3 is 2.46 bits per heavy atom. The highest BCUT2D eigenvalue weighted by molar-refractivity contribution is 6.21. The number of aliphatic hydroxyl groups is 1. The van der Waals surface area contributed by atoms with Crippen LogP contribution in [0.4, 0.5) is 0 Å². The molecule has 0 unspecified atom stereocenters. The summed E-state index contributed by atoms with van der Waals surface area (Å²) in [5, 5.41) is 9.32. The lowest BCUT2D eigenvalue weighted by Gasteiger charge is -2.29. The highest BCUT2D eigenvalue weighted by Crippen LogP contribution is 2.45. The van der Waals surface area contributed by atoms with Gasteiger partial charge in [0.2, 0.25) is 0 Å². The summed E-state index contributed by atoms with van der Waals surface area (Å²) in [6.07, 6.45) is 1.20. The van der Waals surface area contributed by atoms with E-state index in [9.17, 15) is 14.7 Å². The van der Waals surface area contributed by atoms with Crippen molar-refractivity contribution in [3.63, 3.8) is 0 Å². The second-order valence-corrected chi connectivity index (χ2v) is 7.60. The van der Waals surface area contributed by atoms with Crippen molar-refractivity contribution in [3.05, 3.63) is 62.9 Å². The quantitative estimate of drug-likeness (QED) is 0.739. The number of nitrogens with zero attached hydrogens (tertiary/aromatic N) is 2. The number of hydrogen-bond acceptors (Lipinski definition) is 5. The zero-order chi connectivity index (χ0) is 20.5. The first-order valence-electron chi connectivity index (χ1n) is 9.24. The Bertz CT molecular complexity index is 933. The Labute approximate surface area is 168 Å². The smallest absolute Gasteiger partial charge is 0.333 e. The van der Waals surface area contributed by atoms with Crippen LogP contribution in [0.3, 0.4) is 0 Å². The average molecular weight is 409 g/mol. The molecular formula is C20H25ClN2O5. The monoisotopic (exact) mass is 408 g/mol. The minimum absolute atomic E-state index is 0.122. The van der Waals surface area contributed by atoms with Crippen LogP contribution < -0.4 is 16.0 Å². The molecule has 1 saturated heterocycles. The van der Waals surface area contributed by atoms with E-state index in [1.807, 2.05) is 13.8 Å². The summed E-state index contributed by atoms with van der Waals surface area (Å²) < 4.78 is 13.7. The van der Waals surface area contributed by atoms with E-state index in [0.717, 1.165) is 10.1 Å². The van der Waals surface area contributed by atoms with Crippen molar-refractivity contribution in [2.75, 3.05) is 13.7 Å². The molecule has 1 aliphatic heterocycles. The molecule has 2 aromatic rings. The molecule has 1 aromatic carbocycles. The minimum Gasteiger partial charge on any atom is -0.497 e. The van der Waals surface area contributed by atoms with Gasteiger partial charge in [-0.25, -0.2) is 4.79 Å². The first-order chi connectivity index (χ1) is 13.4. The van der Waals surface area contributed by atoms with Gasteiger partial charge in [-0.15, -0.1) is 11.6 Å². The molecule has 3 rings (SSSR count). The van der Waals surface area contributed by atoms with E-state index in [-0.39, 0.29) is 19.1 Å². The lowest BCUT2D eigenvalue weighted by Crippen LogP contribution is -2.42. The number of rotatable bonds is 6. The molecule has 152 valence electrons. The van der Waals surface area contributed by atoms with Crippen LogP contribution in [-0.2, 0) is 11.3 Å². The van der Waals surface area contributed by atoms with Crippen LogP contribution >= 0.6 is 11.6 Å². The topological polar surface area (TPSA) is 82.7 Å². The molecule has 0 bridgehead atoms. The van der Waals surface area contributed by atoms with Crippen molar-refractivity contribution in [2.24, 2.45) is 5.92 Å². The predicted molar refractivity (Wildman–Crippen MR) is 106 cm³/mol. The van der Waals surface area contributed by atoms with Crippen LogP contribution in [0.2, 0.25) is 0 Å². The van der Waals surface area contributed by atoms with Crippen LogP contribution in [0.25, 0.3) is 0 Å². The molecule has 7 nitrogen and oxygen atoms in total. The van der Waals surface area contributed by atoms with Gasteiger partial charge < -0.3 is 14.6 Å². The minimum atomic E-state index is -0.812. The Balaban J connectivity index is 1.97. The number of ether oxygens (including phenoxy) is 2. The van der Waals surface area contributed by atoms with Crippen molar-refractivity contribution in [2.45, 2.75) is 44.0 Å². The summed E-state index contributed by atoms with van der Waals surface area (Å²) in [6.45, 7) is 3.74. The number of halogens is 1. The lowest BCUT2D eigenvalue weighted by molar-refractivity contribution is -0.113. The van der Waals surface area contributed by atoms with Crippen LogP contribution in [0.1, 0.15) is 32.1 Å². The maximum atomic E-state index is 13.0. The molecule has 8 heteroatoms. The number of aliphatic hydroxyl groups excluding tert-OH is 1. The van der Waals surface area contributed by atoms with Crippen molar-refractivity contribution in [3.8, 4) is 5.75 Å². The predicted octanol–water partition coefficient (Wildman–Crippen LogP) is 1.98. The van der Waals surface area contributed by atoms with Crippen molar-refractivity contribution in [1.29, 1.82) is 0 Å². The van der Waals surface area contributed by atoms with Gasteiger partial charge in [0.15, 0.2) is 6.23 Å². The Hall–Kier alpha value is -2.09. The zero-order valence-electron chi connectivity index (χ0n) is 16.2. The third kappa shape index (κ3) is 3.50. The molecule has 1 N–H and O–H groups in total. The Kier molecular flexibility index (Phi) is 5.98. The molecule has 1 fully saturated rings. The molecule has 1 aromatic heterocycles. The first kappa shape index (κ1) is 20.6. The third-order valence-corrected chi connectivity index (χ3v) is 6.26. The summed E-state index contributed by atoms with van der Waals surface area (Å²) >= 11 is 6.57. The van der Waals surface area contributed by atoms with E-state index in [1.165, 1.54) is 16.8 Å². The molecule has 0 radical (unpaired) electrons. The molecule has 4 atom stereocenters. The van der Waals surface area contributed by atoms with Gasteiger partial charge in [0.1, 0.15) is 5.75 Å². The number of alkyl halides is 1. The highest BCUT2D eigenvalue weighted by atomic mass is 35.5. The Morgan fingerprint density at radius 1 is 1.25 bits per heavy atom. The standard InChI is InChI=1S/C20H25ClN2O5/c1-4-20(12-24)13(2)17(21)18(28-20)22-10-9-16(25)23(19(22)26)11-14-5-7-15(27-3)8-6-14/h5-10,13,17-18,24H,4,11-12H2,1-3H3/t13-,17+,18+,20-/m0/s1. The lowest BCUT2D eigenvalue weighted by atomic mass is 9.87. The van der Waals surface area contributed by atoms with Gasteiger partial charge in [0, 0.05) is 18.2 Å². The molecule has 2 heterocycles. The molecule has 0 amide bonds. The number of hydrogen-bond donors (Lipinski definition) is 1. The van der Waals surface area contributed by atoms with E-state index in [1.54, 1.807) is 31.4 Å². The van der Waals surface area contributed by atoms with Gasteiger partial charge in [-0.2, -0.15) is 0 Å². The van der Waals surface area contributed by atoms with Gasteiger partial charge in [0.25, 0.3) is 5.56 Å². The molecular weight excluding hydrogens is 384 g/mol. The zero-order valence-corrected chi connectivity index (χ0v) is 16.9. The average Bonchev–Trinajstić information content (AvgIpc) is 2.97. The maximum absolute atomic E-state index is 13.0. The SMILES string of the molecule is CC[C@@]1(CO)O[C@@H](n2ccc(=O)n(Cc3ccc(OC)cc3)c2=O)[C@H](Cl)[C@@H]1C. The molecule has 0 saturated carbocycles. The fourth-order valence-corrected chi connectivity index (χ4v) is 4.05. The highest BCUT2D eigenvalue weighted by Gasteiger charge is 2.51. The van der Waals surface area contributed by atoms with Gasteiger partial charge in [-0.3, -0.25) is 13.9 Å². The summed E-state index contributed by atoms with van der Waals surface area (Å²) in [6, 6.07) is 8.47. The largest absolute Gasteiger partial charge is 0.497 e. The second kappa shape index (κ2) is 8.11. The van der Waals surface area contributed by atoms with Crippen molar-refractivity contribution in [1.82, 2.24) is 9.13 Å². The van der Waals surface area contributed by atoms with Gasteiger partial charge in [-0.05, 0) is 24.1 Å². The summed E-state index contributed by atoms with van der Waals surface area (Å²) in [5.74, 6) is 0.530. The number of benzene rings is 1. The number of aromatic nitrogens is 2. The van der Waals surface area contributed by atoms with Crippen LogP contribution in [0.5, 0.6) is 5.75 Å². The molecule has 0 spiro atoms. The fourth-order valence-electron chi connectivity index (χ4n) is 3.64. The van der Waals surface area contributed by atoms with Crippen molar-refractivity contribution >= 4 is 11.6 Å². The van der Waals surface area contributed by atoms with Gasteiger partial charge in [-0.1, -0.05) is 26.0 Å². The third-order valence-electron chi connectivity index (χ3n) is 5.67. The summed E-state index contributed by atoms with van der Waals surface area (Å²) in [5.41, 5.74) is -0.929. The second-order valence-electron chi connectivity index (χ2n) is 7.10. The fraction of sp³-hybridized carbons (Fsp3) is 0.500. The van der Waals surface area contributed by atoms with Crippen LogP contribution in [0, 0.1) is 5.92 Å². The first-order valence-corrected chi connectivity index (χ1v) is 9.68. The molecule has 1 aliphatic rings. The maximum Gasteiger partial charge on any atom is 0.333 e.